The molecular formula is C14H15NS. The molecule has 0 amide bonds. The highest BCUT2D eigenvalue weighted by atomic mass is 32.1. The first-order valence-corrected chi connectivity index (χ1v) is 6.24. The lowest BCUT2D eigenvalue weighted by Crippen LogP contribution is -2.08. The highest BCUT2D eigenvalue weighted by molar-refractivity contribution is 7.10. The van der Waals surface area contributed by atoms with E-state index < -0.39 is 0 Å². The van der Waals surface area contributed by atoms with E-state index in [4.69, 9.17) is 0 Å². The summed E-state index contributed by atoms with van der Waals surface area (Å²) in [6.07, 6.45) is 2.90. The molecule has 82 valence electrons. The molecule has 1 aromatic carbocycles. The first-order chi connectivity index (χ1) is 7.90. The zero-order chi connectivity index (χ0) is 11.2. The molecule has 1 aromatic heterocycles. The van der Waals surface area contributed by atoms with E-state index in [1.165, 1.54) is 4.88 Å². The fourth-order valence-corrected chi connectivity index (χ4v) is 2.43. The van der Waals surface area contributed by atoms with Crippen LogP contribution >= 0.6 is 11.3 Å². The summed E-state index contributed by atoms with van der Waals surface area (Å²) >= 11 is 1.78. The van der Waals surface area contributed by atoms with E-state index in [0.29, 0.717) is 6.04 Å². The van der Waals surface area contributed by atoms with Crippen LogP contribution in [-0.4, -0.2) is 0 Å². The predicted molar refractivity (Wildman–Crippen MR) is 71.9 cm³/mol. The quantitative estimate of drug-likeness (QED) is 0.745. The van der Waals surface area contributed by atoms with E-state index >= 15 is 0 Å². The second kappa shape index (κ2) is 5.52. The molecule has 0 saturated carbocycles. The van der Waals surface area contributed by atoms with Crippen molar-refractivity contribution < 1.29 is 0 Å². The van der Waals surface area contributed by atoms with Gasteiger partial charge in [-0.25, -0.2) is 0 Å². The Bertz CT molecular complexity index is 419. The summed E-state index contributed by atoms with van der Waals surface area (Å²) in [4.78, 5) is 1.35. The van der Waals surface area contributed by atoms with Crippen molar-refractivity contribution in [3.05, 3.63) is 65.4 Å². The van der Waals surface area contributed by atoms with Crippen molar-refractivity contribution in [3.63, 3.8) is 0 Å². The molecule has 0 saturated heterocycles. The Labute approximate surface area is 100 Å². The van der Waals surface area contributed by atoms with E-state index in [1.54, 1.807) is 11.3 Å². The Kier molecular flexibility index (Phi) is 3.78. The van der Waals surface area contributed by atoms with E-state index in [0.717, 1.165) is 12.1 Å². The van der Waals surface area contributed by atoms with Gasteiger partial charge in [-0.1, -0.05) is 30.3 Å². The second-order valence-electron chi connectivity index (χ2n) is 3.60. The van der Waals surface area contributed by atoms with Crippen LogP contribution < -0.4 is 5.32 Å². The molecule has 2 aromatic rings. The van der Waals surface area contributed by atoms with Gasteiger partial charge in [-0.15, -0.1) is 17.9 Å². The molecule has 2 heteroatoms. The van der Waals surface area contributed by atoms with Crippen molar-refractivity contribution in [2.24, 2.45) is 0 Å². The van der Waals surface area contributed by atoms with E-state index in [2.05, 4.69) is 41.5 Å². The number of nitrogens with one attached hydrogen (secondary N) is 1. The maximum Gasteiger partial charge on any atom is 0.0640 e. The molecule has 1 atom stereocenters. The van der Waals surface area contributed by atoms with Gasteiger partial charge in [0.25, 0.3) is 0 Å². The lowest BCUT2D eigenvalue weighted by molar-refractivity contribution is 0.817. The third kappa shape index (κ3) is 2.74. The third-order valence-electron chi connectivity index (χ3n) is 2.40. The van der Waals surface area contributed by atoms with Crippen LogP contribution in [0.1, 0.15) is 17.3 Å². The standard InChI is InChI=1S/C14H15NS/c1-2-7-13(14-10-6-11-16-14)15-12-8-4-3-5-9-12/h2-6,8-11,13,15H,1,7H2. The van der Waals surface area contributed by atoms with Gasteiger partial charge in [0, 0.05) is 10.6 Å². The van der Waals surface area contributed by atoms with Crippen molar-refractivity contribution >= 4 is 17.0 Å². The molecule has 0 aliphatic rings. The van der Waals surface area contributed by atoms with Crippen molar-refractivity contribution in [1.82, 2.24) is 0 Å². The topological polar surface area (TPSA) is 12.0 Å². The van der Waals surface area contributed by atoms with Gasteiger partial charge >= 0.3 is 0 Å². The average molecular weight is 229 g/mol. The fraction of sp³-hybridized carbons (Fsp3) is 0.143. The van der Waals surface area contributed by atoms with E-state index in [-0.39, 0.29) is 0 Å². The molecule has 16 heavy (non-hydrogen) atoms. The molecule has 1 unspecified atom stereocenters. The largest absolute Gasteiger partial charge is 0.377 e. The molecule has 0 bridgehead atoms. The Hall–Kier alpha value is -1.54. The summed E-state index contributed by atoms with van der Waals surface area (Å²) in [5, 5.41) is 5.63. The van der Waals surface area contributed by atoms with Gasteiger partial charge in [0.05, 0.1) is 6.04 Å². The smallest absolute Gasteiger partial charge is 0.0640 e. The van der Waals surface area contributed by atoms with Gasteiger partial charge in [-0.2, -0.15) is 0 Å². The number of thiophene rings is 1. The molecule has 0 aliphatic heterocycles. The van der Waals surface area contributed by atoms with E-state index in [1.807, 2.05) is 24.3 Å². The minimum atomic E-state index is 0.333. The van der Waals surface area contributed by atoms with Gasteiger partial charge in [-0.05, 0) is 30.0 Å². The number of anilines is 1. The van der Waals surface area contributed by atoms with Crippen LogP contribution in [0.3, 0.4) is 0 Å². The van der Waals surface area contributed by atoms with Crippen LogP contribution in [0, 0.1) is 0 Å². The first kappa shape index (κ1) is 11.0. The minimum Gasteiger partial charge on any atom is -0.377 e. The van der Waals surface area contributed by atoms with Gasteiger partial charge in [0.2, 0.25) is 0 Å². The van der Waals surface area contributed by atoms with Crippen LogP contribution in [0.4, 0.5) is 5.69 Å². The van der Waals surface area contributed by atoms with Crippen LogP contribution in [0.2, 0.25) is 0 Å². The molecule has 1 heterocycles. The monoisotopic (exact) mass is 229 g/mol. The lowest BCUT2D eigenvalue weighted by atomic mass is 10.1. The number of hydrogen-bond acceptors (Lipinski definition) is 2. The molecule has 1 N–H and O–H groups in total. The van der Waals surface area contributed by atoms with Crippen molar-refractivity contribution in [2.45, 2.75) is 12.5 Å². The Morgan fingerprint density at radius 3 is 2.62 bits per heavy atom. The number of rotatable bonds is 5. The highest BCUT2D eigenvalue weighted by Crippen LogP contribution is 2.26. The molecule has 0 radical (unpaired) electrons. The maximum absolute atomic E-state index is 3.82. The van der Waals surface area contributed by atoms with Crippen molar-refractivity contribution in [1.29, 1.82) is 0 Å². The molecule has 0 aliphatic carbocycles. The number of para-hydroxylation sites is 1. The Morgan fingerprint density at radius 2 is 2.00 bits per heavy atom. The predicted octanol–water partition coefficient (Wildman–Crippen LogP) is 4.48. The van der Waals surface area contributed by atoms with Gasteiger partial charge < -0.3 is 5.32 Å². The van der Waals surface area contributed by atoms with E-state index in [9.17, 15) is 0 Å². The lowest BCUT2D eigenvalue weighted by Gasteiger charge is -2.16. The van der Waals surface area contributed by atoms with Crippen LogP contribution in [-0.2, 0) is 0 Å². The molecule has 0 fully saturated rings. The second-order valence-corrected chi connectivity index (χ2v) is 4.58. The summed E-state index contributed by atoms with van der Waals surface area (Å²) < 4.78 is 0. The van der Waals surface area contributed by atoms with Gasteiger partial charge in [-0.3, -0.25) is 0 Å². The van der Waals surface area contributed by atoms with Crippen LogP contribution in [0.5, 0.6) is 0 Å². The summed E-state index contributed by atoms with van der Waals surface area (Å²) in [5.74, 6) is 0. The van der Waals surface area contributed by atoms with Crippen LogP contribution in [0.15, 0.2) is 60.5 Å². The minimum absolute atomic E-state index is 0.333. The first-order valence-electron chi connectivity index (χ1n) is 5.36. The van der Waals surface area contributed by atoms with Crippen molar-refractivity contribution in [2.75, 3.05) is 5.32 Å². The average Bonchev–Trinajstić information content (AvgIpc) is 2.83. The molecule has 1 nitrogen and oxygen atoms in total. The molecule has 2 rings (SSSR count). The summed E-state index contributed by atoms with van der Waals surface area (Å²) in [5.41, 5.74) is 1.16. The van der Waals surface area contributed by atoms with Crippen molar-refractivity contribution in [3.8, 4) is 0 Å². The summed E-state index contributed by atoms with van der Waals surface area (Å²) in [6, 6.07) is 14.9. The SMILES string of the molecule is C=CCC(Nc1ccccc1)c1cccs1. The number of benzene rings is 1. The van der Waals surface area contributed by atoms with Gasteiger partial charge in [0.1, 0.15) is 0 Å². The summed E-state index contributed by atoms with van der Waals surface area (Å²) in [7, 11) is 0. The summed E-state index contributed by atoms with van der Waals surface area (Å²) in [6.45, 7) is 3.82. The highest BCUT2D eigenvalue weighted by Gasteiger charge is 2.09. The van der Waals surface area contributed by atoms with Crippen LogP contribution in [0.25, 0.3) is 0 Å². The fourth-order valence-electron chi connectivity index (χ4n) is 1.64. The number of hydrogen-bond donors (Lipinski definition) is 1. The normalized spacial score (nSPS) is 12.0. The van der Waals surface area contributed by atoms with Gasteiger partial charge in [0.15, 0.2) is 0 Å². The third-order valence-corrected chi connectivity index (χ3v) is 3.39. The molecular weight excluding hydrogens is 214 g/mol. The Balaban J connectivity index is 2.12. The molecule has 0 spiro atoms. The zero-order valence-electron chi connectivity index (χ0n) is 9.10. The Morgan fingerprint density at radius 1 is 1.19 bits per heavy atom. The zero-order valence-corrected chi connectivity index (χ0v) is 9.91. The maximum atomic E-state index is 3.82.